The lowest BCUT2D eigenvalue weighted by Crippen LogP contribution is -2.58. The van der Waals surface area contributed by atoms with Crippen molar-refractivity contribution >= 4 is 29.2 Å². The van der Waals surface area contributed by atoms with Crippen LogP contribution in [0.1, 0.15) is 19.4 Å². The van der Waals surface area contributed by atoms with Crippen molar-refractivity contribution < 1.29 is 27.5 Å². The largest absolute Gasteiger partial charge is 0.491 e. The van der Waals surface area contributed by atoms with Crippen LogP contribution in [0.15, 0.2) is 18.2 Å². The average molecular weight is 351 g/mol. The van der Waals surface area contributed by atoms with Gasteiger partial charge in [0.15, 0.2) is 0 Å². The number of nitrogens with two attached hydrogens (primary N) is 1. The molecule has 126 valence electrons. The SMILES string of the molecule is C[C@@H]1Cc2c(Cl)cccc2N1C(=O)[C@](C)(N)OC(=O)C(F)(F)F. The third kappa shape index (κ3) is 3.28. The number of hydrogen-bond donors (Lipinski definition) is 1. The number of alkyl halides is 3. The minimum atomic E-state index is -5.24. The fourth-order valence-electron chi connectivity index (χ4n) is 2.44. The normalized spacial score (nSPS) is 20.0. The Kier molecular flexibility index (Phi) is 4.34. The third-order valence-corrected chi connectivity index (χ3v) is 3.83. The van der Waals surface area contributed by atoms with Gasteiger partial charge in [0.05, 0.1) is 0 Å². The number of halogens is 4. The number of ether oxygens (including phenoxy) is 1. The fraction of sp³-hybridized carbons (Fsp3) is 0.429. The molecule has 9 heteroatoms. The minimum Gasteiger partial charge on any atom is -0.428 e. The number of carbonyl (C=O) groups is 2. The number of anilines is 1. The van der Waals surface area contributed by atoms with Gasteiger partial charge in [-0.1, -0.05) is 17.7 Å². The van der Waals surface area contributed by atoms with E-state index in [1.807, 2.05) is 0 Å². The molecule has 2 atom stereocenters. The van der Waals surface area contributed by atoms with Gasteiger partial charge in [0.1, 0.15) is 0 Å². The van der Waals surface area contributed by atoms with Crippen LogP contribution >= 0.6 is 11.6 Å². The van der Waals surface area contributed by atoms with Crippen molar-refractivity contribution in [3.05, 3.63) is 28.8 Å². The first-order valence-electron chi connectivity index (χ1n) is 6.65. The summed E-state index contributed by atoms with van der Waals surface area (Å²) in [7, 11) is 0. The predicted molar refractivity (Wildman–Crippen MR) is 76.8 cm³/mol. The lowest BCUT2D eigenvalue weighted by Gasteiger charge is -2.31. The zero-order chi connectivity index (χ0) is 17.6. The fourth-order valence-corrected chi connectivity index (χ4v) is 2.69. The molecule has 0 unspecified atom stereocenters. The van der Waals surface area contributed by atoms with Gasteiger partial charge in [-0.15, -0.1) is 0 Å². The maximum atomic E-state index is 12.5. The molecule has 0 saturated carbocycles. The highest BCUT2D eigenvalue weighted by Gasteiger charge is 2.49. The number of amides is 1. The van der Waals surface area contributed by atoms with Crippen LogP contribution < -0.4 is 10.6 Å². The zero-order valence-corrected chi connectivity index (χ0v) is 13.0. The molecule has 1 aromatic rings. The zero-order valence-electron chi connectivity index (χ0n) is 12.3. The highest BCUT2D eigenvalue weighted by molar-refractivity contribution is 6.32. The van der Waals surface area contributed by atoms with Crippen molar-refractivity contribution in [2.45, 2.75) is 38.2 Å². The number of nitrogens with zero attached hydrogens (tertiary/aromatic N) is 1. The summed E-state index contributed by atoms with van der Waals surface area (Å²) in [6, 6.07) is 4.47. The van der Waals surface area contributed by atoms with E-state index < -0.39 is 23.8 Å². The molecule has 1 aliphatic rings. The topological polar surface area (TPSA) is 72.6 Å². The number of rotatable bonds is 2. The van der Waals surface area contributed by atoms with Gasteiger partial charge < -0.3 is 9.64 Å². The Bertz CT molecular complexity index is 661. The molecular weight excluding hydrogens is 337 g/mol. The van der Waals surface area contributed by atoms with Crippen LogP contribution in [0.2, 0.25) is 5.02 Å². The van der Waals surface area contributed by atoms with Gasteiger partial charge >= 0.3 is 12.1 Å². The van der Waals surface area contributed by atoms with Crippen molar-refractivity contribution in [3.63, 3.8) is 0 Å². The first-order valence-corrected chi connectivity index (χ1v) is 7.03. The molecule has 1 amide bonds. The molecule has 23 heavy (non-hydrogen) atoms. The second-order valence-electron chi connectivity index (χ2n) is 5.46. The smallest absolute Gasteiger partial charge is 0.428 e. The van der Waals surface area contributed by atoms with Crippen molar-refractivity contribution in [1.29, 1.82) is 0 Å². The van der Waals surface area contributed by atoms with Gasteiger partial charge in [0.25, 0.3) is 5.91 Å². The Labute approximate surface area is 135 Å². The summed E-state index contributed by atoms with van der Waals surface area (Å²) in [5, 5.41) is 0.440. The number of esters is 1. The van der Waals surface area contributed by atoms with E-state index in [-0.39, 0.29) is 6.04 Å². The van der Waals surface area contributed by atoms with Crippen LogP contribution in [-0.4, -0.2) is 29.8 Å². The van der Waals surface area contributed by atoms with Crippen LogP contribution in [-0.2, 0) is 20.7 Å². The Morgan fingerprint density at radius 3 is 2.57 bits per heavy atom. The molecule has 1 aliphatic heterocycles. The molecule has 1 heterocycles. The van der Waals surface area contributed by atoms with E-state index >= 15 is 0 Å². The van der Waals surface area contributed by atoms with Crippen LogP contribution in [0.25, 0.3) is 0 Å². The maximum absolute atomic E-state index is 12.5. The molecule has 0 radical (unpaired) electrons. The van der Waals surface area contributed by atoms with Crippen LogP contribution in [0, 0.1) is 0 Å². The summed E-state index contributed by atoms with van der Waals surface area (Å²) in [6.45, 7) is 2.60. The molecule has 2 rings (SSSR count). The highest BCUT2D eigenvalue weighted by Crippen LogP contribution is 2.38. The average Bonchev–Trinajstić information content (AvgIpc) is 2.74. The summed E-state index contributed by atoms with van der Waals surface area (Å²) in [5.41, 5.74) is 4.20. The monoisotopic (exact) mass is 350 g/mol. The van der Waals surface area contributed by atoms with Gasteiger partial charge in [-0.3, -0.25) is 10.5 Å². The Morgan fingerprint density at radius 2 is 2.00 bits per heavy atom. The van der Waals surface area contributed by atoms with E-state index in [1.54, 1.807) is 25.1 Å². The first-order chi connectivity index (χ1) is 10.4. The van der Waals surface area contributed by atoms with E-state index in [0.29, 0.717) is 22.7 Å². The molecule has 0 saturated heterocycles. The van der Waals surface area contributed by atoms with Crippen molar-refractivity contribution in [3.8, 4) is 0 Å². The van der Waals surface area contributed by atoms with E-state index in [9.17, 15) is 22.8 Å². The van der Waals surface area contributed by atoms with Crippen molar-refractivity contribution in [2.24, 2.45) is 5.73 Å². The molecule has 0 bridgehead atoms. The van der Waals surface area contributed by atoms with Crippen LogP contribution in [0.4, 0.5) is 18.9 Å². The van der Waals surface area contributed by atoms with Gasteiger partial charge in [-0.05, 0) is 38.0 Å². The number of fused-ring (bicyclic) bond motifs is 1. The van der Waals surface area contributed by atoms with Crippen molar-refractivity contribution in [2.75, 3.05) is 4.90 Å². The second-order valence-corrected chi connectivity index (χ2v) is 5.87. The molecule has 0 spiro atoms. The van der Waals surface area contributed by atoms with E-state index in [1.165, 1.54) is 4.90 Å². The summed E-state index contributed by atoms with van der Waals surface area (Å²) in [4.78, 5) is 24.7. The number of hydrogen-bond acceptors (Lipinski definition) is 4. The van der Waals surface area contributed by atoms with Gasteiger partial charge in [0, 0.05) is 16.8 Å². The molecular formula is C14H14ClF3N2O3. The van der Waals surface area contributed by atoms with E-state index in [0.717, 1.165) is 6.92 Å². The molecule has 1 aromatic carbocycles. The standard InChI is InChI=1S/C14H14ClF3N2O3/c1-7-6-8-9(15)4-3-5-10(8)20(7)11(21)13(2,19)23-12(22)14(16,17)18/h3-5,7H,6,19H2,1-2H3/t7-,13-/m1/s1. The number of benzene rings is 1. The lowest BCUT2D eigenvalue weighted by atomic mass is 10.1. The van der Waals surface area contributed by atoms with E-state index in [4.69, 9.17) is 17.3 Å². The number of carbonyl (C=O) groups excluding carboxylic acids is 2. The Hall–Kier alpha value is -1.80. The molecule has 0 aliphatic carbocycles. The van der Waals surface area contributed by atoms with Crippen LogP contribution in [0.3, 0.4) is 0 Å². The van der Waals surface area contributed by atoms with Crippen molar-refractivity contribution in [1.82, 2.24) is 0 Å². The summed E-state index contributed by atoms with van der Waals surface area (Å²) >= 11 is 6.06. The first kappa shape index (κ1) is 17.6. The quantitative estimate of drug-likeness (QED) is 0.656. The molecule has 0 aromatic heterocycles. The lowest BCUT2D eigenvalue weighted by molar-refractivity contribution is -0.212. The van der Waals surface area contributed by atoms with Gasteiger partial charge in [0.2, 0.25) is 5.72 Å². The minimum absolute atomic E-state index is 0.384. The Balaban J connectivity index is 2.30. The summed E-state index contributed by atoms with van der Waals surface area (Å²) in [5.74, 6) is -3.47. The molecule has 2 N–H and O–H groups in total. The summed E-state index contributed by atoms with van der Waals surface area (Å²) in [6.07, 6.45) is -4.82. The maximum Gasteiger partial charge on any atom is 0.491 e. The van der Waals surface area contributed by atoms with E-state index in [2.05, 4.69) is 4.74 Å². The molecule has 0 fully saturated rings. The third-order valence-electron chi connectivity index (χ3n) is 3.47. The van der Waals surface area contributed by atoms with Gasteiger partial charge in [-0.25, -0.2) is 4.79 Å². The van der Waals surface area contributed by atoms with Crippen LogP contribution in [0.5, 0.6) is 0 Å². The highest BCUT2D eigenvalue weighted by atomic mass is 35.5. The summed E-state index contributed by atoms with van der Waals surface area (Å²) < 4.78 is 41.1. The molecule has 5 nitrogen and oxygen atoms in total. The Morgan fingerprint density at radius 1 is 1.39 bits per heavy atom. The predicted octanol–water partition coefficient (Wildman–Crippen LogP) is 2.40. The van der Waals surface area contributed by atoms with Gasteiger partial charge in [-0.2, -0.15) is 13.2 Å². The second kappa shape index (κ2) is 5.68.